The lowest BCUT2D eigenvalue weighted by atomic mass is 9.95. The highest BCUT2D eigenvalue weighted by Crippen LogP contribution is 2.23. The van der Waals surface area contributed by atoms with Crippen LogP contribution >= 0.6 is 0 Å². The van der Waals surface area contributed by atoms with E-state index in [2.05, 4.69) is 51.7 Å². The fraction of sp³-hybridized carbons (Fsp3) is 0.682. The third kappa shape index (κ3) is 5.57. The topological polar surface area (TPSA) is 56.7 Å². The van der Waals surface area contributed by atoms with Gasteiger partial charge >= 0.3 is 0 Å². The molecule has 2 aliphatic rings. The van der Waals surface area contributed by atoms with Crippen molar-refractivity contribution in [1.82, 2.24) is 15.5 Å². The lowest BCUT2D eigenvalue weighted by Crippen LogP contribution is -2.50. The number of hydrogen-bond acceptors (Lipinski definition) is 3. The predicted octanol–water partition coefficient (Wildman–Crippen LogP) is 2.68. The summed E-state index contributed by atoms with van der Waals surface area (Å²) in [5.74, 6) is 1.64. The van der Waals surface area contributed by atoms with Crippen molar-refractivity contribution in [3.05, 3.63) is 35.4 Å². The summed E-state index contributed by atoms with van der Waals surface area (Å²) in [6.07, 6.45) is 5.49. The van der Waals surface area contributed by atoms with E-state index in [0.29, 0.717) is 17.3 Å². The predicted molar refractivity (Wildman–Crippen MR) is 119 cm³/mol. The standard InChI is InChI=1S/C22H36N4OS/c1-4-28(27)21-11-7-10-20(14-21)25-22(23-3)24-15-17(2)26-13-12-18-8-5-6-9-19(18)16-26/h5-6,8-9,17,20-21H,4,7,10-16H2,1-3H3,(H2,23,24,25). The van der Waals surface area contributed by atoms with Crippen LogP contribution in [0.2, 0.25) is 0 Å². The van der Waals surface area contributed by atoms with Gasteiger partial charge in [0.15, 0.2) is 5.96 Å². The number of aliphatic imine (C=N–C) groups is 1. The van der Waals surface area contributed by atoms with Crippen LogP contribution in [0.4, 0.5) is 0 Å². The van der Waals surface area contributed by atoms with Gasteiger partial charge in [-0.25, -0.2) is 0 Å². The molecule has 5 nitrogen and oxygen atoms in total. The minimum absolute atomic E-state index is 0.335. The fourth-order valence-electron chi connectivity index (χ4n) is 4.41. The summed E-state index contributed by atoms with van der Waals surface area (Å²) in [6.45, 7) is 7.32. The molecule has 1 aromatic rings. The van der Waals surface area contributed by atoms with Crippen molar-refractivity contribution >= 4 is 16.8 Å². The van der Waals surface area contributed by atoms with E-state index in [1.807, 2.05) is 14.0 Å². The summed E-state index contributed by atoms with van der Waals surface area (Å²) in [6, 6.07) is 9.60. The van der Waals surface area contributed by atoms with Crippen molar-refractivity contribution in [2.45, 2.75) is 69.8 Å². The number of rotatable bonds is 6. The molecule has 1 fully saturated rings. The van der Waals surface area contributed by atoms with Crippen LogP contribution in [-0.4, -0.2) is 58.3 Å². The van der Waals surface area contributed by atoms with Crippen LogP contribution in [0.15, 0.2) is 29.3 Å². The molecule has 0 spiro atoms. The van der Waals surface area contributed by atoms with Gasteiger partial charge in [0.2, 0.25) is 0 Å². The molecular weight excluding hydrogens is 368 g/mol. The van der Waals surface area contributed by atoms with E-state index < -0.39 is 10.8 Å². The summed E-state index contributed by atoms with van der Waals surface area (Å²) in [5, 5.41) is 7.43. The third-order valence-corrected chi connectivity index (χ3v) is 7.94. The highest BCUT2D eigenvalue weighted by atomic mass is 32.2. The summed E-state index contributed by atoms with van der Waals surface area (Å²) in [5.41, 5.74) is 2.95. The molecule has 6 heteroatoms. The molecule has 0 aromatic heterocycles. The van der Waals surface area contributed by atoms with Crippen LogP contribution in [0.1, 0.15) is 50.7 Å². The van der Waals surface area contributed by atoms with Gasteiger partial charge in [-0.15, -0.1) is 0 Å². The molecule has 2 N–H and O–H groups in total. The van der Waals surface area contributed by atoms with Crippen LogP contribution in [0, 0.1) is 0 Å². The molecule has 1 aromatic carbocycles. The van der Waals surface area contributed by atoms with E-state index in [1.54, 1.807) is 0 Å². The SMILES string of the molecule is CCS(=O)C1CCCC(NC(=NC)NCC(C)N2CCc3ccccc3C2)C1. The maximum Gasteiger partial charge on any atom is 0.191 e. The van der Waals surface area contributed by atoms with Crippen molar-refractivity contribution in [2.24, 2.45) is 4.99 Å². The lowest BCUT2D eigenvalue weighted by Gasteiger charge is -2.34. The first-order chi connectivity index (χ1) is 13.6. The monoisotopic (exact) mass is 404 g/mol. The van der Waals surface area contributed by atoms with Crippen LogP contribution in [-0.2, 0) is 23.8 Å². The van der Waals surface area contributed by atoms with Gasteiger partial charge in [0, 0.05) is 60.6 Å². The summed E-state index contributed by atoms with van der Waals surface area (Å²) >= 11 is 0. The molecule has 28 heavy (non-hydrogen) atoms. The van der Waals surface area contributed by atoms with E-state index in [-0.39, 0.29) is 0 Å². The quantitative estimate of drug-likeness (QED) is 0.565. The van der Waals surface area contributed by atoms with Crippen LogP contribution in [0.25, 0.3) is 0 Å². The Hall–Kier alpha value is -1.40. The Bertz CT molecular complexity index is 693. The zero-order valence-electron chi connectivity index (χ0n) is 17.6. The Balaban J connectivity index is 1.47. The fourth-order valence-corrected chi connectivity index (χ4v) is 5.75. The first-order valence-corrected chi connectivity index (χ1v) is 12.1. The molecule has 1 saturated carbocycles. The minimum atomic E-state index is -0.690. The summed E-state index contributed by atoms with van der Waals surface area (Å²) in [4.78, 5) is 6.97. The maximum atomic E-state index is 12.2. The van der Waals surface area contributed by atoms with Crippen molar-refractivity contribution < 1.29 is 4.21 Å². The van der Waals surface area contributed by atoms with Crippen LogP contribution < -0.4 is 10.6 Å². The first kappa shape index (κ1) is 21.3. The van der Waals surface area contributed by atoms with E-state index in [4.69, 9.17) is 0 Å². The molecule has 0 radical (unpaired) electrons. The molecule has 1 aliphatic heterocycles. The van der Waals surface area contributed by atoms with Gasteiger partial charge in [-0.2, -0.15) is 0 Å². The summed E-state index contributed by atoms with van der Waals surface area (Å²) in [7, 11) is 1.14. The van der Waals surface area contributed by atoms with E-state index in [1.165, 1.54) is 11.1 Å². The average Bonchev–Trinajstić information content (AvgIpc) is 2.75. The molecule has 0 saturated heterocycles. The average molecular weight is 405 g/mol. The number of nitrogens with one attached hydrogen (secondary N) is 2. The normalized spacial score (nSPS) is 25.6. The maximum absolute atomic E-state index is 12.2. The number of hydrogen-bond donors (Lipinski definition) is 2. The smallest absolute Gasteiger partial charge is 0.191 e. The van der Waals surface area contributed by atoms with Crippen LogP contribution in [0.3, 0.4) is 0 Å². The van der Waals surface area contributed by atoms with Gasteiger partial charge in [0.05, 0.1) is 0 Å². The van der Waals surface area contributed by atoms with Gasteiger partial charge in [-0.3, -0.25) is 14.1 Å². The lowest BCUT2D eigenvalue weighted by molar-refractivity contribution is 0.191. The van der Waals surface area contributed by atoms with Crippen molar-refractivity contribution in [3.63, 3.8) is 0 Å². The van der Waals surface area contributed by atoms with Crippen molar-refractivity contribution in [1.29, 1.82) is 0 Å². The Morgan fingerprint density at radius 2 is 2.11 bits per heavy atom. The molecule has 3 rings (SSSR count). The molecule has 156 valence electrons. The molecule has 1 heterocycles. The Morgan fingerprint density at radius 1 is 1.32 bits per heavy atom. The molecule has 0 amide bonds. The first-order valence-electron chi connectivity index (χ1n) is 10.8. The second kappa shape index (κ2) is 10.4. The van der Waals surface area contributed by atoms with Gasteiger partial charge in [-0.05, 0) is 43.7 Å². The van der Waals surface area contributed by atoms with E-state index in [9.17, 15) is 4.21 Å². The Kier molecular flexibility index (Phi) is 7.91. The Labute approximate surface area is 172 Å². The van der Waals surface area contributed by atoms with Gasteiger partial charge in [0.25, 0.3) is 0 Å². The van der Waals surface area contributed by atoms with Crippen molar-refractivity contribution in [2.75, 3.05) is 25.9 Å². The third-order valence-electron chi connectivity index (χ3n) is 6.20. The van der Waals surface area contributed by atoms with Gasteiger partial charge in [0.1, 0.15) is 0 Å². The Morgan fingerprint density at radius 3 is 2.86 bits per heavy atom. The number of benzene rings is 1. The zero-order chi connectivity index (χ0) is 19.9. The second-order valence-corrected chi connectivity index (χ2v) is 10.1. The highest BCUT2D eigenvalue weighted by molar-refractivity contribution is 7.85. The molecule has 0 bridgehead atoms. The largest absolute Gasteiger partial charge is 0.355 e. The molecule has 4 atom stereocenters. The second-order valence-electron chi connectivity index (χ2n) is 8.09. The highest BCUT2D eigenvalue weighted by Gasteiger charge is 2.26. The molecular formula is C22H36N4OS. The van der Waals surface area contributed by atoms with Crippen LogP contribution in [0.5, 0.6) is 0 Å². The van der Waals surface area contributed by atoms with Crippen molar-refractivity contribution in [3.8, 4) is 0 Å². The number of nitrogens with zero attached hydrogens (tertiary/aromatic N) is 2. The van der Waals surface area contributed by atoms with Gasteiger partial charge < -0.3 is 10.6 Å². The number of fused-ring (bicyclic) bond motifs is 1. The minimum Gasteiger partial charge on any atom is -0.355 e. The number of guanidine groups is 1. The zero-order valence-corrected chi connectivity index (χ0v) is 18.4. The molecule has 4 unspecified atom stereocenters. The van der Waals surface area contributed by atoms with E-state index in [0.717, 1.165) is 63.5 Å². The van der Waals surface area contributed by atoms with E-state index >= 15 is 0 Å². The summed E-state index contributed by atoms with van der Waals surface area (Å²) < 4.78 is 12.2. The van der Waals surface area contributed by atoms with Gasteiger partial charge in [-0.1, -0.05) is 37.6 Å². The molecule has 1 aliphatic carbocycles.